The van der Waals surface area contributed by atoms with Crippen LogP contribution in [0.5, 0.6) is 11.6 Å². The lowest BCUT2D eigenvalue weighted by Gasteiger charge is -2.38. The first-order valence-corrected chi connectivity index (χ1v) is 10.9. The third-order valence-corrected chi connectivity index (χ3v) is 5.68. The van der Waals surface area contributed by atoms with Gasteiger partial charge in [-0.25, -0.2) is 9.97 Å². The largest absolute Gasteiger partial charge is 0.489 e. The normalized spacial score (nSPS) is 18.4. The van der Waals surface area contributed by atoms with Crippen LogP contribution in [0.2, 0.25) is 0 Å². The number of aryl methyl sites for hydroxylation is 1. The van der Waals surface area contributed by atoms with Crippen molar-refractivity contribution in [2.75, 3.05) is 25.1 Å². The zero-order chi connectivity index (χ0) is 23.5. The number of piperidine rings is 1. The van der Waals surface area contributed by atoms with Crippen LogP contribution in [-0.2, 0) is 11.8 Å². The Balaban J connectivity index is 1.56. The lowest BCUT2D eigenvalue weighted by atomic mass is 10.0. The Bertz CT molecular complexity index is 1230. The Labute approximate surface area is 192 Å². The molecule has 1 fully saturated rings. The number of nitrogens with zero attached hydrogens (tertiary/aromatic N) is 5. The third kappa shape index (κ3) is 4.76. The first kappa shape index (κ1) is 22.6. The van der Waals surface area contributed by atoms with E-state index in [1.54, 1.807) is 44.6 Å². The summed E-state index contributed by atoms with van der Waals surface area (Å²) in [6, 6.07) is 10.6. The fourth-order valence-corrected chi connectivity index (χ4v) is 4.02. The first-order chi connectivity index (χ1) is 15.9. The highest BCUT2D eigenvalue weighted by atomic mass is 16.5. The number of aromatic nitrogens is 3. The second-order valence-corrected chi connectivity index (χ2v) is 8.27. The van der Waals surface area contributed by atoms with Crippen LogP contribution in [0.1, 0.15) is 26.0 Å². The minimum Gasteiger partial charge on any atom is -0.489 e. The summed E-state index contributed by atoms with van der Waals surface area (Å²) in [5.74, 6) is 1.20. The molecular weight excluding hydrogens is 422 g/mol. The molecule has 0 amide bonds. The van der Waals surface area contributed by atoms with Crippen molar-refractivity contribution in [2.24, 2.45) is 7.05 Å². The molecule has 9 heteroatoms. The van der Waals surface area contributed by atoms with Crippen molar-refractivity contribution in [1.29, 1.82) is 5.26 Å². The van der Waals surface area contributed by atoms with Crippen LogP contribution in [-0.4, -0.2) is 53.0 Å². The number of fused-ring (bicyclic) bond motifs is 1. The Kier molecular flexibility index (Phi) is 6.47. The van der Waals surface area contributed by atoms with Gasteiger partial charge in [0.1, 0.15) is 35.2 Å². The maximum Gasteiger partial charge on any atom is 0.252 e. The molecule has 4 rings (SSSR count). The van der Waals surface area contributed by atoms with Gasteiger partial charge < -0.3 is 23.7 Å². The molecule has 0 spiro atoms. The van der Waals surface area contributed by atoms with E-state index in [1.807, 2.05) is 19.9 Å². The van der Waals surface area contributed by atoms with Gasteiger partial charge in [0.2, 0.25) is 5.88 Å². The molecule has 3 aromatic rings. The summed E-state index contributed by atoms with van der Waals surface area (Å²) >= 11 is 0. The van der Waals surface area contributed by atoms with Gasteiger partial charge >= 0.3 is 0 Å². The van der Waals surface area contributed by atoms with E-state index in [0.717, 1.165) is 0 Å². The highest BCUT2D eigenvalue weighted by Gasteiger charge is 2.32. The van der Waals surface area contributed by atoms with Gasteiger partial charge in [-0.05, 0) is 32.0 Å². The minimum atomic E-state index is -0.245. The van der Waals surface area contributed by atoms with Crippen LogP contribution in [0.15, 0.2) is 41.3 Å². The lowest BCUT2D eigenvalue weighted by molar-refractivity contribution is -0.00909. The molecule has 33 heavy (non-hydrogen) atoms. The third-order valence-electron chi connectivity index (χ3n) is 5.68. The van der Waals surface area contributed by atoms with Crippen molar-refractivity contribution in [3.05, 3.63) is 52.6 Å². The van der Waals surface area contributed by atoms with E-state index in [1.165, 1.54) is 4.57 Å². The van der Waals surface area contributed by atoms with E-state index in [4.69, 9.17) is 14.2 Å². The predicted molar refractivity (Wildman–Crippen MR) is 124 cm³/mol. The monoisotopic (exact) mass is 449 g/mol. The summed E-state index contributed by atoms with van der Waals surface area (Å²) < 4.78 is 19.0. The molecule has 2 atom stereocenters. The van der Waals surface area contributed by atoms with E-state index < -0.39 is 0 Å². The molecule has 0 aromatic carbocycles. The molecule has 9 nitrogen and oxygen atoms in total. The number of hydrogen-bond donors (Lipinski definition) is 0. The first-order valence-electron chi connectivity index (χ1n) is 10.9. The molecule has 172 valence electrons. The van der Waals surface area contributed by atoms with E-state index in [-0.39, 0.29) is 23.9 Å². The van der Waals surface area contributed by atoms with Crippen LogP contribution in [0, 0.1) is 11.3 Å². The van der Waals surface area contributed by atoms with Crippen LogP contribution in [0.25, 0.3) is 11.0 Å². The highest BCUT2D eigenvalue weighted by Crippen LogP contribution is 2.29. The minimum absolute atomic E-state index is 0.0744. The van der Waals surface area contributed by atoms with E-state index in [2.05, 4.69) is 20.9 Å². The molecule has 0 N–H and O–H groups in total. The predicted octanol–water partition coefficient (Wildman–Crippen LogP) is 2.66. The van der Waals surface area contributed by atoms with E-state index in [9.17, 15) is 10.1 Å². The van der Waals surface area contributed by atoms with Gasteiger partial charge in [0, 0.05) is 45.8 Å². The second-order valence-electron chi connectivity index (χ2n) is 8.27. The van der Waals surface area contributed by atoms with E-state index in [0.29, 0.717) is 53.6 Å². The zero-order valence-electron chi connectivity index (χ0n) is 19.2. The van der Waals surface area contributed by atoms with Crippen molar-refractivity contribution in [1.82, 2.24) is 14.5 Å². The molecule has 1 aliphatic heterocycles. The molecule has 1 aliphatic rings. The smallest absolute Gasteiger partial charge is 0.252 e. The average molecular weight is 450 g/mol. The molecule has 0 radical (unpaired) electrons. The molecule has 0 saturated carbocycles. The van der Waals surface area contributed by atoms with Gasteiger partial charge in [0.05, 0.1) is 23.5 Å². The quantitative estimate of drug-likeness (QED) is 0.566. The van der Waals surface area contributed by atoms with Crippen LogP contribution >= 0.6 is 0 Å². The topological polar surface area (TPSA) is 103 Å². The van der Waals surface area contributed by atoms with Gasteiger partial charge in [-0.2, -0.15) is 5.26 Å². The van der Waals surface area contributed by atoms with Crippen molar-refractivity contribution >= 4 is 16.7 Å². The molecule has 0 bridgehead atoms. The zero-order valence-corrected chi connectivity index (χ0v) is 19.2. The Morgan fingerprint density at radius 2 is 2.03 bits per heavy atom. The maximum atomic E-state index is 12.6. The number of methoxy groups -OCH3 is 1. The van der Waals surface area contributed by atoms with Crippen LogP contribution < -0.4 is 19.9 Å². The number of anilines is 1. The number of pyridine rings is 3. The van der Waals surface area contributed by atoms with E-state index >= 15 is 0 Å². The fourth-order valence-electron chi connectivity index (χ4n) is 4.02. The number of ether oxygens (including phenoxy) is 3. The molecule has 0 aliphatic carbocycles. The lowest BCUT2D eigenvalue weighted by Crippen LogP contribution is -2.50. The van der Waals surface area contributed by atoms with Gasteiger partial charge in [-0.3, -0.25) is 4.79 Å². The van der Waals surface area contributed by atoms with Crippen LogP contribution in [0.3, 0.4) is 0 Å². The summed E-state index contributed by atoms with van der Waals surface area (Å²) in [6.07, 6.45) is 1.95. The average Bonchev–Trinajstić information content (AvgIpc) is 2.82. The standard InChI is InChI=1S/C24H27N5O4/c1-15(2)32-17-6-8-22(26-13-17)33-20-9-10-29(14-21(20)31-4)19-11-23(30)28(3)18-7-5-16(12-25)27-24(18)19/h5-8,11,13,15,20-21H,9-10,14H2,1-4H3/t20-,21-/m1/s1. The summed E-state index contributed by atoms with van der Waals surface area (Å²) in [7, 11) is 3.34. The van der Waals surface area contributed by atoms with Crippen molar-refractivity contribution in [3.63, 3.8) is 0 Å². The van der Waals surface area contributed by atoms with Gasteiger partial charge in [0.25, 0.3) is 5.56 Å². The Morgan fingerprint density at radius 1 is 1.21 bits per heavy atom. The Hall–Kier alpha value is -3.64. The molecule has 0 unspecified atom stereocenters. The summed E-state index contributed by atoms with van der Waals surface area (Å²) in [5.41, 5.74) is 2.16. The second kappa shape index (κ2) is 9.46. The maximum absolute atomic E-state index is 12.6. The summed E-state index contributed by atoms with van der Waals surface area (Å²) in [6.45, 7) is 5.07. The van der Waals surface area contributed by atoms with Gasteiger partial charge in [-0.1, -0.05) is 0 Å². The van der Waals surface area contributed by atoms with Crippen LogP contribution in [0.4, 0.5) is 5.69 Å². The van der Waals surface area contributed by atoms with Crippen molar-refractivity contribution < 1.29 is 14.2 Å². The summed E-state index contributed by atoms with van der Waals surface area (Å²) in [5, 5.41) is 9.29. The van der Waals surface area contributed by atoms with Crippen molar-refractivity contribution in [2.45, 2.75) is 38.6 Å². The van der Waals surface area contributed by atoms with Gasteiger partial charge in [-0.15, -0.1) is 0 Å². The molecule has 1 saturated heterocycles. The molecule has 3 aromatic heterocycles. The fraction of sp³-hybridized carbons (Fsp3) is 0.417. The summed E-state index contributed by atoms with van der Waals surface area (Å²) in [4.78, 5) is 23.5. The van der Waals surface area contributed by atoms with Crippen molar-refractivity contribution in [3.8, 4) is 17.7 Å². The molecule has 4 heterocycles. The number of rotatable bonds is 6. The number of hydrogen-bond acceptors (Lipinski definition) is 8. The Morgan fingerprint density at radius 3 is 2.70 bits per heavy atom. The highest BCUT2D eigenvalue weighted by molar-refractivity contribution is 5.88. The number of nitriles is 1. The molecular formula is C24H27N5O4. The SMILES string of the molecule is CO[C@@H]1CN(c2cc(=O)n(C)c3ccc(C#N)nc23)CC[C@H]1Oc1ccc(OC(C)C)cn1. The van der Waals surface area contributed by atoms with Gasteiger partial charge in [0.15, 0.2) is 0 Å².